The van der Waals surface area contributed by atoms with Crippen LogP contribution in [-0.4, -0.2) is 33.0 Å². The van der Waals surface area contributed by atoms with Crippen LogP contribution in [0.3, 0.4) is 0 Å². The maximum absolute atomic E-state index is 11.5. The summed E-state index contributed by atoms with van der Waals surface area (Å²) >= 11 is 1.72. The number of aromatic nitrogens is 3. The average Bonchev–Trinajstić information content (AvgIpc) is 2.89. The van der Waals surface area contributed by atoms with Gasteiger partial charge in [-0.2, -0.15) is 5.10 Å². The lowest BCUT2D eigenvalue weighted by Crippen LogP contribution is -2.29. The third kappa shape index (κ3) is 4.21. The van der Waals surface area contributed by atoms with Crippen LogP contribution in [0.2, 0.25) is 0 Å². The van der Waals surface area contributed by atoms with E-state index in [-0.39, 0.29) is 12.5 Å². The van der Waals surface area contributed by atoms with Gasteiger partial charge in [0, 0.05) is 17.2 Å². The second-order valence-electron chi connectivity index (χ2n) is 3.60. The van der Waals surface area contributed by atoms with Crippen LogP contribution in [0.25, 0.3) is 0 Å². The van der Waals surface area contributed by atoms with Gasteiger partial charge in [0.1, 0.15) is 19.2 Å². The molecular formula is C12H14N4OS. The molecule has 0 saturated heterocycles. The highest BCUT2D eigenvalue weighted by molar-refractivity contribution is 7.99. The van der Waals surface area contributed by atoms with Crippen LogP contribution in [-0.2, 0) is 11.3 Å². The monoisotopic (exact) mass is 262 g/mol. The van der Waals surface area contributed by atoms with Crippen LogP contribution >= 0.6 is 11.8 Å². The maximum atomic E-state index is 11.5. The van der Waals surface area contributed by atoms with Crippen LogP contribution in [0.5, 0.6) is 0 Å². The zero-order valence-electron chi connectivity index (χ0n) is 9.82. The fourth-order valence-electron chi connectivity index (χ4n) is 1.39. The molecule has 94 valence electrons. The molecule has 0 radical (unpaired) electrons. The Labute approximate surface area is 110 Å². The molecule has 6 heteroatoms. The number of rotatable bonds is 6. The standard InChI is InChI=1S/C12H14N4OS/c17-12(8-16-10-13-9-15-16)14-6-7-18-11-4-2-1-3-5-11/h1-5,9-10H,6-8H2,(H,14,17). The summed E-state index contributed by atoms with van der Waals surface area (Å²) in [4.78, 5) is 16.5. The number of hydrogen-bond donors (Lipinski definition) is 1. The molecule has 1 N–H and O–H groups in total. The van der Waals surface area contributed by atoms with E-state index in [1.54, 1.807) is 11.8 Å². The summed E-state index contributed by atoms with van der Waals surface area (Å²) in [5.41, 5.74) is 0. The number of nitrogens with zero attached hydrogens (tertiary/aromatic N) is 3. The number of carbonyl (C=O) groups is 1. The van der Waals surface area contributed by atoms with E-state index in [4.69, 9.17) is 0 Å². The molecular weight excluding hydrogens is 248 g/mol. The van der Waals surface area contributed by atoms with E-state index >= 15 is 0 Å². The number of amides is 1. The van der Waals surface area contributed by atoms with E-state index in [0.29, 0.717) is 6.54 Å². The normalized spacial score (nSPS) is 10.2. The van der Waals surface area contributed by atoms with E-state index in [2.05, 4.69) is 27.5 Å². The topological polar surface area (TPSA) is 59.8 Å². The molecule has 2 aromatic rings. The van der Waals surface area contributed by atoms with Crippen molar-refractivity contribution < 1.29 is 4.79 Å². The molecule has 0 saturated carbocycles. The Morgan fingerprint density at radius 1 is 1.33 bits per heavy atom. The van der Waals surface area contributed by atoms with Crippen molar-refractivity contribution in [1.82, 2.24) is 20.1 Å². The van der Waals surface area contributed by atoms with Gasteiger partial charge in [-0.3, -0.25) is 4.79 Å². The molecule has 5 nitrogen and oxygen atoms in total. The lowest BCUT2D eigenvalue weighted by molar-refractivity contribution is -0.121. The largest absolute Gasteiger partial charge is 0.354 e. The molecule has 1 heterocycles. The molecule has 0 spiro atoms. The van der Waals surface area contributed by atoms with Crippen LogP contribution in [0, 0.1) is 0 Å². The van der Waals surface area contributed by atoms with Gasteiger partial charge in [0.25, 0.3) is 0 Å². The van der Waals surface area contributed by atoms with Crippen molar-refractivity contribution in [3.8, 4) is 0 Å². The highest BCUT2D eigenvalue weighted by Gasteiger charge is 2.02. The van der Waals surface area contributed by atoms with Gasteiger partial charge in [-0.25, -0.2) is 9.67 Å². The van der Waals surface area contributed by atoms with E-state index in [0.717, 1.165) is 5.75 Å². The molecule has 18 heavy (non-hydrogen) atoms. The zero-order chi connectivity index (χ0) is 12.6. The Bertz CT molecular complexity index is 472. The van der Waals surface area contributed by atoms with Crippen LogP contribution in [0.4, 0.5) is 0 Å². The molecule has 0 fully saturated rings. The lowest BCUT2D eigenvalue weighted by atomic mass is 10.4. The van der Waals surface area contributed by atoms with Crippen molar-refractivity contribution in [2.45, 2.75) is 11.4 Å². The van der Waals surface area contributed by atoms with Crippen molar-refractivity contribution in [1.29, 1.82) is 0 Å². The number of benzene rings is 1. The quantitative estimate of drug-likeness (QED) is 0.627. The molecule has 0 atom stereocenters. The number of thioether (sulfide) groups is 1. The van der Waals surface area contributed by atoms with Gasteiger partial charge in [-0.05, 0) is 12.1 Å². The SMILES string of the molecule is O=C(Cn1cncn1)NCCSc1ccccc1. The van der Waals surface area contributed by atoms with Gasteiger partial charge < -0.3 is 5.32 Å². The third-order valence-electron chi connectivity index (χ3n) is 2.21. The Hall–Kier alpha value is -1.82. The van der Waals surface area contributed by atoms with Gasteiger partial charge in [-0.15, -0.1) is 11.8 Å². The summed E-state index contributed by atoms with van der Waals surface area (Å²) in [6.07, 6.45) is 2.94. The summed E-state index contributed by atoms with van der Waals surface area (Å²) in [6.45, 7) is 0.864. The van der Waals surface area contributed by atoms with Crippen molar-refractivity contribution in [3.05, 3.63) is 43.0 Å². The van der Waals surface area contributed by atoms with Crippen molar-refractivity contribution in [2.75, 3.05) is 12.3 Å². The van der Waals surface area contributed by atoms with Crippen molar-refractivity contribution in [3.63, 3.8) is 0 Å². The Morgan fingerprint density at radius 2 is 2.17 bits per heavy atom. The molecule has 1 aromatic carbocycles. The first-order valence-corrected chi connectivity index (χ1v) is 6.60. The molecule has 0 bridgehead atoms. The van der Waals surface area contributed by atoms with Crippen molar-refractivity contribution >= 4 is 17.7 Å². The maximum Gasteiger partial charge on any atom is 0.241 e. The second-order valence-corrected chi connectivity index (χ2v) is 4.77. The fourth-order valence-corrected chi connectivity index (χ4v) is 2.18. The highest BCUT2D eigenvalue weighted by atomic mass is 32.2. The molecule has 1 aromatic heterocycles. The van der Waals surface area contributed by atoms with E-state index < -0.39 is 0 Å². The third-order valence-corrected chi connectivity index (χ3v) is 3.22. The molecule has 0 aliphatic rings. The summed E-state index contributed by atoms with van der Waals surface area (Å²) < 4.78 is 1.50. The van der Waals surface area contributed by atoms with Crippen LogP contribution in [0.15, 0.2) is 47.9 Å². The first-order chi connectivity index (χ1) is 8.84. The minimum Gasteiger partial charge on any atom is -0.354 e. The van der Waals surface area contributed by atoms with Gasteiger partial charge in [0.15, 0.2) is 0 Å². The molecule has 2 rings (SSSR count). The van der Waals surface area contributed by atoms with Gasteiger partial charge in [0.05, 0.1) is 0 Å². The van der Waals surface area contributed by atoms with E-state index in [1.165, 1.54) is 22.2 Å². The highest BCUT2D eigenvalue weighted by Crippen LogP contribution is 2.15. The molecule has 0 unspecified atom stereocenters. The number of nitrogens with one attached hydrogen (secondary N) is 1. The Kier molecular flexibility index (Phi) is 4.78. The predicted molar refractivity (Wildman–Crippen MR) is 70.2 cm³/mol. The first kappa shape index (κ1) is 12.6. The number of carbonyl (C=O) groups excluding carboxylic acids is 1. The average molecular weight is 262 g/mol. The molecule has 1 amide bonds. The zero-order valence-corrected chi connectivity index (χ0v) is 10.6. The minimum atomic E-state index is -0.0471. The molecule has 0 aliphatic heterocycles. The summed E-state index contributed by atoms with van der Waals surface area (Å²) in [7, 11) is 0. The minimum absolute atomic E-state index is 0.0471. The first-order valence-electron chi connectivity index (χ1n) is 5.61. The van der Waals surface area contributed by atoms with Crippen LogP contribution < -0.4 is 5.32 Å². The molecule has 0 aliphatic carbocycles. The van der Waals surface area contributed by atoms with Gasteiger partial charge in [0.2, 0.25) is 5.91 Å². The number of hydrogen-bond acceptors (Lipinski definition) is 4. The van der Waals surface area contributed by atoms with Gasteiger partial charge >= 0.3 is 0 Å². The van der Waals surface area contributed by atoms with Crippen LogP contribution in [0.1, 0.15) is 0 Å². The Balaban J connectivity index is 1.62. The smallest absolute Gasteiger partial charge is 0.241 e. The van der Waals surface area contributed by atoms with E-state index in [1.807, 2.05) is 18.2 Å². The predicted octanol–water partition coefficient (Wildman–Crippen LogP) is 1.19. The van der Waals surface area contributed by atoms with Crippen molar-refractivity contribution in [2.24, 2.45) is 0 Å². The summed E-state index contributed by atoms with van der Waals surface area (Å²) in [5.74, 6) is 0.807. The summed E-state index contributed by atoms with van der Waals surface area (Å²) in [5, 5.41) is 6.71. The van der Waals surface area contributed by atoms with Gasteiger partial charge in [-0.1, -0.05) is 18.2 Å². The lowest BCUT2D eigenvalue weighted by Gasteiger charge is -2.05. The Morgan fingerprint density at radius 3 is 2.89 bits per heavy atom. The second kappa shape index (κ2) is 6.80. The summed E-state index contributed by atoms with van der Waals surface area (Å²) in [6, 6.07) is 10.1. The van der Waals surface area contributed by atoms with E-state index in [9.17, 15) is 4.79 Å². The fraction of sp³-hybridized carbons (Fsp3) is 0.250.